The molecule has 9 nitrogen and oxygen atoms in total. The summed E-state index contributed by atoms with van der Waals surface area (Å²) in [6, 6.07) is 3.98. The highest BCUT2D eigenvalue weighted by Crippen LogP contribution is 2.36. The number of anilines is 1. The van der Waals surface area contributed by atoms with Gasteiger partial charge < -0.3 is 10.3 Å². The van der Waals surface area contributed by atoms with E-state index in [1.165, 1.54) is 18.1 Å². The lowest BCUT2D eigenvalue weighted by Gasteiger charge is -2.13. The number of fused-ring (bicyclic) bond motifs is 2. The Balaban J connectivity index is 1.69. The van der Waals surface area contributed by atoms with Crippen molar-refractivity contribution in [3.63, 3.8) is 0 Å². The molecule has 0 aliphatic heterocycles. The second kappa shape index (κ2) is 8.21. The van der Waals surface area contributed by atoms with Gasteiger partial charge in [0.2, 0.25) is 10.0 Å². The van der Waals surface area contributed by atoms with Gasteiger partial charge in [-0.3, -0.25) is 4.79 Å². The number of benzene rings is 1. The summed E-state index contributed by atoms with van der Waals surface area (Å²) in [4.78, 5) is 26.1. The molecule has 1 aromatic carbocycles. The maximum atomic E-state index is 12.2. The van der Waals surface area contributed by atoms with E-state index in [2.05, 4.69) is 25.7 Å². The van der Waals surface area contributed by atoms with Gasteiger partial charge in [0.15, 0.2) is 27.9 Å². The van der Waals surface area contributed by atoms with E-state index in [4.69, 9.17) is 5.73 Å². The van der Waals surface area contributed by atoms with Gasteiger partial charge in [0.05, 0.1) is 5.25 Å². The first-order valence-electron chi connectivity index (χ1n) is 9.97. The second-order valence-corrected chi connectivity index (χ2v) is 11.1. The largest absolute Gasteiger partial charge is 0.382 e. The van der Waals surface area contributed by atoms with Crippen LogP contribution in [0.5, 0.6) is 0 Å². The zero-order valence-electron chi connectivity index (χ0n) is 17.5. The Labute approximate surface area is 184 Å². The van der Waals surface area contributed by atoms with Crippen LogP contribution < -0.4 is 10.5 Å². The predicted molar refractivity (Wildman–Crippen MR) is 120 cm³/mol. The molecule has 3 aromatic rings. The van der Waals surface area contributed by atoms with E-state index >= 15 is 0 Å². The number of imidazole rings is 1. The number of ketones is 1. The molecule has 2 aromatic heterocycles. The minimum absolute atomic E-state index is 0.156. The average Bonchev–Trinajstić information content (AvgIpc) is 3.24. The van der Waals surface area contributed by atoms with E-state index in [-0.39, 0.29) is 18.1 Å². The van der Waals surface area contributed by atoms with Crippen molar-refractivity contribution in [2.45, 2.75) is 55.5 Å². The first-order valence-corrected chi connectivity index (χ1v) is 12.3. The minimum Gasteiger partial charge on any atom is -0.382 e. The van der Waals surface area contributed by atoms with Crippen LogP contribution in [0.4, 0.5) is 5.82 Å². The first kappa shape index (κ1) is 21.7. The van der Waals surface area contributed by atoms with E-state index in [1.54, 1.807) is 13.8 Å². The fourth-order valence-electron chi connectivity index (χ4n) is 3.49. The van der Waals surface area contributed by atoms with Crippen molar-refractivity contribution < 1.29 is 13.2 Å². The molecule has 2 heterocycles. The number of sulfonamides is 1. The normalized spacial score (nSPS) is 14.0. The van der Waals surface area contributed by atoms with Crippen LogP contribution in [-0.2, 0) is 23.0 Å². The summed E-state index contributed by atoms with van der Waals surface area (Å²) in [5.41, 5.74) is 9.90. The number of nitrogens with one attached hydrogen (secondary N) is 1. The molecule has 3 N–H and O–H groups in total. The predicted octanol–water partition coefficient (Wildman–Crippen LogP) is 2.32. The van der Waals surface area contributed by atoms with E-state index < -0.39 is 15.3 Å². The fourth-order valence-corrected chi connectivity index (χ4v) is 5.21. The zero-order valence-corrected chi connectivity index (χ0v) is 19.2. The molecule has 4 rings (SSSR count). The van der Waals surface area contributed by atoms with Crippen LogP contribution in [0.15, 0.2) is 28.5 Å². The van der Waals surface area contributed by atoms with Gasteiger partial charge in [-0.05, 0) is 44.4 Å². The molecule has 0 spiro atoms. The molecule has 11 heteroatoms. The first-order chi connectivity index (χ1) is 14.7. The van der Waals surface area contributed by atoms with Crippen LogP contribution in [0.2, 0.25) is 0 Å². The second-order valence-electron chi connectivity index (χ2n) is 7.77. The van der Waals surface area contributed by atoms with E-state index in [1.807, 2.05) is 17.6 Å². The van der Waals surface area contributed by atoms with Gasteiger partial charge in [-0.15, -0.1) is 0 Å². The third-order valence-corrected chi connectivity index (χ3v) is 8.31. The molecule has 0 saturated carbocycles. The van der Waals surface area contributed by atoms with E-state index in [0.29, 0.717) is 29.3 Å². The molecule has 0 saturated heterocycles. The van der Waals surface area contributed by atoms with Gasteiger partial charge >= 0.3 is 0 Å². The number of rotatable bonds is 7. The van der Waals surface area contributed by atoms with Gasteiger partial charge in [-0.2, -0.15) is 0 Å². The van der Waals surface area contributed by atoms with Crippen molar-refractivity contribution in [1.82, 2.24) is 24.2 Å². The molecule has 0 fully saturated rings. The third kappa shape index (κ3) is 4.17. The van der Waals surface area contributed by atoms with Gasteiger partial charge in [0.25, 0.3) is 0 Å². The molecular weight excluding hydrogens is 436 g/mol. The van der Waals surface area contributed by atoms with Crippen molar-refractivity contribution in [1.29, 1.82) is 0 Å². The smallest absolute Gasteiger partial charge is 0.213 e. The molecule has 164 valence electrons. The Kier molecular flexibility index (Phi) is 5.75. The average molecular weight is 461 g/mol. The number of carbonyl (C=O) groups excluding carboxylic acids is 1. The molecule has 0 radical (unpaired) electrons. The number of carbonyl (C=O) groups is 1. The van der Waals surface area contributed by atoms with Crippen LogP contribution in [0.1, 0.15) is 41.8 Å². The van der Waals surface area contributed by atoms with E-state index in [0.717, 1.165) is 28.0 Å². The molecular formula is C20H24N6O3S2. The van der Waals surface area contributed by atoms with E-state index in [9.17, 15) is 13.2 Å². The summed E-state index contributed by atoms with van der Waals surface area (Å²) >= 11 is 1.41. The Morgan fingerprint density at radius 3 is 2.77 bits per heavy atom. The molecule has 1 aliphatic carbocycles. The summed E-state index contributed by atoms with van der Waals surface area (Å²) in [5.74, 6) is 0.415. The molecule has 0 atom stereocenters. The maximum Gasteiger partial charge on any atom is 0.213 e. The zero-order chi connectivity index (χ0) is 22.3. The Morgan fingerprint density at radius 1 is 1.26 bits per heavy atom. The van der Waals surface area contributed by atoms with Gasteiger partial charge in [-0.1, -0.05) is 17.8 Å². The van der Waals surface area contributed by atoms with Gasteiger partial charge in [0.1, 0.15) is 6.33 Å². The van der Waals surface area contributed by atoms with Gasteiger partial charge in [-0.25, -0.2) is 28.1 Å². The maximum absolute atomic E-state index is 12.2. The summed E-state index contributed by atoms with van der Waals surface area (Å²) in [7, 11) is -3.39. The molecule has 0 bridgehead atoms. The van der Waals surface area contributed by atoms with Crippen LogP contribution >= 0.6 is 11.8 Å². The van der Waals surface area contributed by atoms with Crippen LogP contribution in [0.3, 0.4) is 0 Å². The lowest BCUT2D eigenvalue weighted by Crippen LogP contribution is -2.33. The number of nitrogens with zero attached hydrogens (tertiary/aromatic N) is 4. The number of aromatic nitrogens is 4. The number of hydrogen-bond donors (Lipinski definition) is 2. The topological polar surface area (TPSA) is 133 Å². The Hall–Kier alpha value is -2.50. The molecule has 31 heavy (non-hydrogen) atoms. The van der Waals surface area contributed by atoms with Crippen molar-refractivity contribution in [3.8, 4) is 0 Å². The highest BCUT2D eigenvalue weighted by atomic mass is 32.2. The molecule has 0 amide bonds. The van der Waals surface area contributed by atoms with Crippen LogP contribution in [0, 0.1) is 6.92 Å². The van der Waals surface area contributed by atoms with Crippen LogP contribution in [0.25, 0.3) is 11.2 Å². The number of Topliss-reactive ketones (excluding diaryl/α,β-unsaturated/α-hetero) is 1. The summed E-state index contributed by atoms with van der Waals surface area (Å²) in [5, 5.41) is 0.0879. The minimum atomic E-state index is -3.39. The Morgan fingerprint density at radius 2 is 2.03 bits per heavy atom. The third-order valence-electron chi connectivity index (χ3n) is 5.31. The quantitative estimate of drug-likeness (QED) is 0.549. The van der Waals surface area contributed by atoms with Crippen molar-refractivity contribution in [3.05, 3.63) is 35.2 Å². The van der Waals surface area contributed by atoms with Crippen LogP contribution in [-0.4, -0.2) is 45.5 Å². The lowest BCUT2D eigenvalue weighted by atomic mass is 10.1. The fraction of sp³-hybridized carbons (Fsp3) is 0.400. The van der Waals surface area contributed by atoms with Crippen molar-refractivity contribution in [2.24, 2.45) is 0 Å². The lowest BCUT2D eigenvalue weighted by molar-refractivity contribution is 0.0994. The standard InChI is InChI=1S/C20H24N6O3S2/c1-11(2)31(28,29)24-6-7-26-19-17(18(21)22-10-23-19)25-20(26)30-16-9-14-13(8-12(16)3)4-5-15(14)27/h8-11,24H,4-7H2,1-3H3,(H2,21,22,23). The van der Waals surface area contributed by atoms with Crippen molar-refractivity contribution in [2.75, 3.05) is 12.3 Å². The number of hydrogen-bond acceptors (Lipinski definition) is 8. The monoisotopic (exact) mass is 460 g/mol. The summed E-state index contributed by atoms with van der Waals surface area (Å²) in [6.07, 6.45) is 2.69. The summed E-state index contributed by atoms with van der Waals surface area (Å²) < 4.78 is 28.7. The highest BCUT2D eigenvalue weighted by molar-refractivity contribution is 7.99. The number of aryl methyl sites for hydroxylation is 2. The highest BCUT2D eigenvalue weighted by Gasteiger charge is 2.23. The summed E-state index contributed by atoms with van der Waals surface area (Å²) in [6.45, 7) is 5.77. The SMILES string of the molecule is Cc1cc2c(cc1Sc1nc3c(N)ncnc3n1CCNS(=O)(=O)C(C)C)C(=O)CC2. The Bertz CT molecular complexity index is 1280. The van der Waals surface area contributed by atoms with Gasteiger partial charge in [0, 0.05) is 30.0 Å². The number of nitrogen functional groups attached to an aromatic ring is 1. The number of nitrogens with two attached hydrogens (primary N) is 1. The molecule has 1 aliphatic rings. The van der Waals surface area contributed by atoms with Crippen molar-refractivity contribution >= 4 is 44.6 Å². The molecule has 0 unspecified atom stereocenters.